The largest absolute Gasteiger partial charge is 0.393 e. The molecule has 0 aliphatic rings. The standard InChI is InChI=1S/C14H15N3O3/c1-9(18)8-14(20)15-11-4-2-10(3-5-11)12-6-7-13(19)17-16-12/h2-7,9,18H,8H2,1H3,(H,15,20)(H,17,19). The fourth-order valence-corrected chi connectivity index (χ4v) is 1.71. The zero-order valence-corrected chi connectivity index (χ0v) is 11.0. The molecule has 6 nitrogen and oxygen atoms in total. The van der Waals surface area contributed by atoms with Gasteiger partial charge in [-0.05, 0) is 25.1 Å². The van der Waals surface area contributed by atoms with Crippen LogP contribution in [0.25, 0.3) is 11.3 Å². The lowest BCUT2D eigenvalue weighted by atomic mass is 10.1. The molecule has 104 valence electrons. The summed E-state index contributed by atoms with van der Waals surface area (Å²) >= 11 is 0. The number of rotatable bonds is 4. The van der Waals surface area contributed by atoms with Crippen molar-refractivity contribution in [2.75, 3.05) is 5.32 Å². The van der Waals surface area contributed by atoms with Gasteiger partial charge in [0.2, 0.25) is 5.91 Å². The molecule has 0 aliphatic carbocycles. The number of nitrogens with zero attached hydrogens (tertiary/aromatic N) is 1. The number of hydrogen-bond donors (Lipinski definition) is 3. The quantitative estimate of drug-likeness (QED) is 0.778. The Morgan fingerprint density at radius 1 is 1.30 bits per heavy atom. The average molecular weight is 273 g/mol. The van der Waals surface area contributed by atoms with Gasteiger partial charge in [-0.15, -0.1) is 0 Å². The molecule has 0 bridgehead atoms. The summed E-state index contributed by atoms with van der Waals surface area (Å²) in [7, 11) is 0. The Hall–Kier alpha value is -2.47. The zero-order valence-electron chi connectivity index (χ0n) is 11.0. The second kappa shape index (κ2) is 6.12. The van der Waals surface area contributed by atoms with Gasteiger partial charge < -0.3 is 10.4 Å². The van der Waals surface area contributed by atoms with E-state index in [2.05, 4.69) is 15.5 Å². The number of H-pyrrole nitrogens is 1. The van der Waals surface area contributed by atoms with Crippen LogP contribution in [0.3, 0.4) is 0 Å². The van der Waals surface area contributed by atoms with Gasteiger partial charge >= 0.3 is 0 Å². The van der Waals surface area contributed by atoms with Gasteiger partial charge in [0.25, 0.3) is 5.56 Å². The van der Waals surface area contributed by atoms with Gasteiger partial charge in [0.1, 0.15) is 0 Å². The number of nitrogens with one attached hydrogen (secondary N) is 2. The molecule has 2 aromatic rings. The SMILES string of the molecule is CC(O)CC(=O)Nc1ccc(-c2ccc(=O)[nH]n2)cc1. The molecule has 1 aromatic carbocycles. The predicted octanol–water partition coefficient (Wildman–Crippen LogP) is 1.15. The van der Waals surface area contributed by atoms with E-state index in [4.69, 9.17) is 5.11 Å². The molecule has 0 saturated heterocycles. The highest BCUT2D eigenvalue weighted by atomic mass is 16.3. The van der Waals surface area contributed by atoms with Crippen molar-refractivity contribution in [3.05, 3.63) is 46.8 Å². The minimum Gasteiger partial charge on any atom is -0.393 e. The maximum atomic E-state index is 11.5. The van der Waals surface area contributed by atoms with E-state index in [1.54, 1.807) is 37.3 Å². The summed E-state index contributed by atoms with van der Waals surface area (Å²) in [5, 5.41) is 18.1. The Balaban J connectivity index is 2.08. The van der Waals surface area contributed by atoms with Gasteiger partial charge in [-0.2, -0.15) is 5.10 Å². The van der Waals surface area contributed by atoms with E-state index in [1.165, 1.54) is 6.07 Å². The van der Waals surface area contributed by atoms with Gasteiger partial charge in [-0.25, -0.2) is 5.10 Å². The summed E-state index contributed by atoms with van der Waals surface area (Å²) in [6.45, 7) is 1.56. The molecule has 6 heteroatoms. The summed E-state index contributed by atoms with van der Waals surface area (Å²) < 4.78 is 0. The lowest BCUT2D eigenvalue weighted by Crippen LogP contribution is -2.17. The zero-order chi connectivity index (χ0) is 14.5. The number of aliphatic hydroxyl groups is 1. The smallest absolute Gasteiger partial charge is 0.264 e. The van der Waals surface area contributed by atoms with E-state index >= 15 is 0 Å². The number of anilines is 1. The number of hydrogen-bond acceptors (Lipinski definition) is 4. The first-order valence-corrected chi connectivity index (χ1v) is 6.18. The third kappa shape index (κ3) is 3.76. The molecule has 3 N–H and O–H groups in total. The number of carbonyl (C=O) groups excluding carboxylic acids is 1. The summed E-state index contributed by atoms with van der Waals surface area (Å²) in [6, 6.07) is 10.1. The number of carbonyl (C=O) groups is 1. The average Bonchev–Trinajstić information content (AvgIpc) is 2.39. The minimum atomic E-state index is -0.667. The monoisotopic (exact) mass is 273 g/mol. The topological polar surface area (TPSA) is 95.1 Å². The molecule has 1 atom stereocenters. The van der Waals surface area contributed by atoms with Crippen LogP contribution in [0.1, 0.15) is 13.3 Å². The highest BCUT2D eigenvalue weighted by molar-refractivity contribution is 5.91. The van der Waals surface area contributed by atoms with Crippen molar-refractivity contribution in [3.8, 4) is 11.3 Å². The molecule has 1 aromatic heterocycles. The molecule has 1 unspecified atom stereocenters. The van der Waals surface area contributed by atoms with Crippen LogP contribution in [-0.2, 0) is 4.79 Å². The van der Waals surface area contributed by atoms with Crippen LogP contribution in [0.5, 0.6) is 0 Å². The normalized spacial score (nSPS) is 11.9. The Labute approximate surface area is 115 Å². The lowest BCUT2D eigenvalue weighted by molar-refractivity contribution is -0.117. The van der Waals surface area contributed by atoms with E-state index in [-0.39, 0.29) is 17.9 Å². The highest BCUT2D eigenvalue weighted by Crippen LogP contribution is 2.18. The number of aromatic amines is 1. The Morgan fingerprint density at radius 3 is 2.55 bits per heavy atom. The molecular weight excluding hydrogens is 258 g/mol. The maximum Gasteiger partial charge on any atom is 0.264 e. The second-order valence-corrected chi connectivity index (χ2v) is 4.49. The second-order valence-electron chi connectivity index (χ2n) is 4.49. The molecule has 20 heavy (non-hydrogen) atoms. The molecule has 2 rings (SSSR count). The van der Waals surface area contributed by atoms with E-state index in [9.17, 15) is 9.59 Å². The minimum absolute atomic E-state index is 0.0588. The molecule has 0 aliphatic heterocycles. The predicted molar refractivity (Wildman–Crippen MR) is 75.2 cm³/mol. The van der Waals surface area contributed by atoms with Crippen LogP contribution in [0.2, 0.25) is 0 Å². The molecule has 0 fully saturated rings. The van der Waals surface area contributed by atoms with Crippen molar-refractivity contribution in [1.29, 1.82) is 0 Å². The number of aliphatic hydroxyl groups excluding tert-OH is 1. The van der Waals surface area contributed by atoms with Crippen molar-refractivity contribution in [2.45, 2.75) is 19.4 Å². The number of aromatic nitrogens is 2. The summed E-state index contributed by atoms with van der Waals surface area (Å²) in [4.78, 5) is 22.4. The lowest BCUT2D eigenvalue weighted by Gasteiger charge is -2.07. The first kappa shape index (κ1) is 14.0. The van der Waals surface area contributed by atoms with Gasteiger partial charge in [-0.1, -0.05) is 12.1 Å². The third-order valence-electron chi connectivity index (χ3n) is 2.62. The van der Waals surface area contributed by atoms with E-state index in [0.29, 0.717) is 11.4 Å². The van der Waals surface area contributed by atoms with Gasteiger partial charge in [0.05, 0.1) is 18.2 Å². The number of benzene rings is 1. The first-order chi connectivity index (χ1) is 9.54. The van der Waals surface area contributed by atoms with Gasteiger partial charge in [-0.3, -0.25) is 9.59 Å². The highest BCUT2D eigenvalue weighted by Gasteiger charge is 2.06. The Bertz CT molecular complexity index is 627. The summed E-state index contributed by atoms with van der Waals surface area (Å²) in [5.74, 6) is -0.241. The molecular formula is C14H15N3O3. The molecule has 1 amide bonds. The van der Waals surface area contributed by atoms with Crippen molar-refractivity contribution >= 4 is 11.6 Å². The molecule has 1 heterocycles. The Morgan fingerprint density at radius 2 is 2.00 bits per heavy atom. The van der Waals surface area contributed by atoms with Crippen LogP contribution in [0.15, 0.2) is 41.2 Å². The Kier molecular flexibility index (Phi) is 4.27. The van der Waals surface area contributed by atoms with Gasteiger partial charge in [0.15, 0.2) is 0 Å². The fourth-order valence-electron chi connectivity index (χ4n) is 1.71. The van der Waals surface area contributed by atoms with Crippen molar-refractivity contribution in [1.82, 2.24) is 10.2 Å². The number of amides is 1. The van der Waals surface area contributed by atoms with E-state index < -0.39 is 6.10 Å². The first-order valence-electron chi connectivity index (χ1n) is 6.18. The molecule has 0 radical (unpaired) electrons. The molecule has 0 saturated carbocycles. The van der Waals surface area contributed by atoms with Gasteiger partial charge in [0, 0.05) is 17.3 Å². The van der Waals surface area contributed by atoms with Crippen LogP contribution >= 0.6 is 0 Å². The maximum absolute atomic E-state index is 11.5. The van der Waals surface area contributed by atoms with Crippen LogP contribution in [0.4, 0.5) is 5.69 Å². The van der Waals surface area contributed by atoms with Crippen LogP contribution in [-0.4, -0.2) is 27.3 Å². The van der Waals surface area contributed by atoms with Crippen molar-refractivity contribution < 1.29 is 9.90 Å². The summed E-state index contributed by atoms with van der Waals surface area (Å²) in [6.07, 6.45) is -0.608. The van der Waals surface area contributed by atoms with Crippen molar-refractivity contribution in [3.63, 3.8) is 0 Å². The van der Waals surface area contributed by atoms with Crippen LogP contribution < -0.4 is 10.9 Å². The third-order valence-corrected chi connectivity index (χ3v) is 2.62. The van der Waals surface area contributed by atoms with E-state index in [1.807, 2.05) is 0 Å². The molecule has 0 spiro atoms. The summed E-state index contributed by atoms with van der Waals surface area (Å²) in [5.41, 5.74) is 1.86. The van der Waals surface area contributed by atoms with E-state index in [0.717, 1.165) is 5.56 Å². The van der Waals surface area contributed by atoms with Crippen molar-refractivity contribution in [2.24, 2.45) is 0 Å². The van der Waals surface area contributed by atoms with Crippen LogP contribution in [0, 0.1) is 0 Å². The fraction of sp³-hybridized carbons (Fsp3) is 0.214.